The molecule has 5 nitrogen and oxygen atoms in total. The van der Waals surface area contributed by atoms with E-state index in [1.54, 1.807) is 10.9 Å². The SMILES string of the molecule is Cn1ncc2c1NC(=O)CC2c1cccc2cnccc12. The van der Waals surface area contributed by atoms with Crippen LogP contribution >= 0.6 is 0 Å². The molecule has 0 aliphatic carbocycles. The number of amides is 1. The number of nitrogens with zero attached hydrogens (tertiary/aromatic N) is 3. The van der Waals surface area contributed by atoms with Gasteiger partial charge in [0.25, 0.3) is 0 Å². The van der Waals surface area contributed by atoms with Crippen molar-refractivity contribution in [3.05, 3.63) is 54.0 Å². The van der Waals surface area contributed by atoms with Gasteiger partial charge in [0.05, 0.1) is 6.20 Å². The summed E-state index contributed by atoms with van der Waals surface area (Å²) < 4.78 is 1.71. The third-order valence-corrected chi connectivity index (χ3v) is 4.08. The van der Waals surface area contributed by atoms with Gasteiger partial charge in [-0.1, -0.05) is 18.2 Å². The molecule has 0 fully saturated rings. The smallest absolute Gasteiger partial charge is 0.226 e. The fraction of sp³-hybridized carbons (Fsp3) is 0.188. The Morgan fingerprint density at radius 2 is 2.14 bits per heavy atom. The fourth-order valence-electron chi connectivity index (χ4n) is 3.07. The third kappa shape index (κ3) is 1.81. The first-order valence-corrected chi connectivity index (χ1v) is 6.88. The molecule has 5 heteroatoms. The highest BCUT2D eigenvalue weighted by Crippen LogP contribution is 2.39. The lowest BCUT2D eigenvalue weighted by Gasteiger charge is -2.24. The van der Waals surface area contributed by atoms with Crippen molar-refractivity contribution in [2.75, 3.05) is 5.32 Å². The van der Waals surface area contributed by atoms with Crippen molar-refractivity contribution >= 4 is 22.5 Å². The summed E-state index contributed by atoms with van der Waals surface area (Å²) in [7, 11) is 1.84. The Morgan fingerprint density at radius 1 is 1.24 bits per heavy atom. The molecule has 1 aliphatic heterocycles. The standard InChI is InChI=1S/C16H14N4O/c1-20-16-14(9-18-20)13(7-15(21)19-16)12-4-2-3-10-8-17-6-5-11(10)12/h2-6,8-9,13H,7H2,1H3,(H,19,21). The Hall–Kier alpha value is -2.69. The molecule has 1 unspecified atom stereocenters. The van der Waals surface area contributed by atoms with Gasteiger partial charge in [0.2, 0.25) is 5.91 Å². The Kier molecular flexibility index (Phi) is 2.54. The number of aromatic nitrogens is 3. The summed E-state index contributed by atoms with van der Waals surface area (Å²) in [6, 6.07) is 8.15. The summed E-state index contributed by atoms with van der Waals surface area (Å²) in [5.74, 6) is 0.859. The molecular weight excluding hydrogens is 264 g/mol. The van der Waals surface area contributed by atoms with Gasteiger partial charge in [-0.15, -0.1) is 0 Å². The summed E-state index contributed by atoms with van der Waals surface area (Å²) in [4.78, 5) is 16.2. The van der Waals surface area contributed by atoms with Gasteiger partial charge in [-0.3, -0.25) is 14.5 Å². The molecule has 3 heterocycles. The summed E-state index contributed by atoms with van der Waals surface area (Å²) >= 11 is 0. The predicted octanol–water partition coefficient (Wildman–Crippen LogP) is 2.44. The molecule has 0 saturated carbocycles. The Bertz CT molecular complexity index is 847. The van der Waals surface area contributed by atoms with Crippen LogP contribution in [0.2, 0.25) is 0 Å². The van der Waals surface area contributed by atoms with Crippen molar-refractivity contribution in [3.63, 3.8) is 0 Å². The molecule has 0 radical (unpaired) electrons. The van der Waals surface area contributed by atoms with Crippen LogP contribution in [0.25, 0.3) is 10.8 Å². The van der Waals surface area contributed by atoms with E-state index in [0.717, 1.165) is 27.7 Å². The predicted molar refractivity (Wildman–Crippen MR) is 80.0 cm³/mol. The zero-order chi connectivity index (χ0) is 14.4. The van der Waals surface area contributed by atoms with E-state index in [4.69, 9.17) is 0 Å². The normalized spacial score (nSPS) is 17.6. The Morgan fingerprint density at radius 3 is 3.05 bits per heavy atom. The zero-order valence-electron chi connectivity index (χ0n) is 11.6. The molecule has 1 N–H and O–H groups in total. The lowest BCUT2D eigenvalue weighted by Crippen LogP contribution is -2.24. The van der Waals surface area contributed by atoms with Crippen LogP contribution < -0.4 is 5.32 Å². The van der Waals surface area contributed by atoms with Gasteiger partial charge in [-0.25, -0.2) is 0 Å². The summed E-state index contributed by atoms with van der Waals surface area (Å²) in [6.07, 6.45) is 5.93. The minimum atomic E-state index is 0.0298. The monoisotopic (exact) mass is 278 g/mol. The lowest BCUT2D eigenvalue weighted by atomic mass is 9.85. The maximum absolute atomic E-state index is 12.0. The van der Waals surface area contributed by atoms with E-state index in [0.29, 0.717) is 6.42 Å². The number of anilines is 1. The molecule has 0 saturated heterocycles. The molecule has 1 atom stereocenters. The maximum Gasteiger partial charge on any atom is 0.226 e. The number of rotatable bonds is 1. The highest BCUT2D eigenvalue weighted by Gasteiger charge is 2.30. The van der Waals surface area contributed by atoms with E-state index >= 15 is 0 Å². The van der Waals surface area contributed by atoms with Gasteiger partial charge in [0, 0.05) is 42.7 Å². The average Bonchev–Trinajstić information content (AvgIpc) is 2.87. The second kappa shape index (κ2) is 4.41. The number of aryl methyl sites for hydroxylation is 1. The van der Waals surface area contributed by atoms with Crippen LogP contribution in [0.5, 0.6) is 0 Å². The van der Waals surface area contributed by atoms with Crippen LogP contribution in [0.15, 0.2) is 42.9 Å². The molecule has 1 amide bonds. The molecule has 2 aromatic heterocycles. The van der Waals surface area contributed by atoms with Crippen molar-refractivity contribution in [1.82, 2.24) is 14.8 Å². The average molecular weight is 278 g/mol. The van der Waals surface area contributed by atoms with Crippen LogP contribution in [0.4, 0.5) is 5.82 Å². The molecule has 4 rings (SSSR count). The lowest BCUT2D eigenvalue weighted by molar-refractivity contribution is -0.116. The quantitative estimate of drug-likeness (QED) is 0.743. The summed E-state index contributed by atoms with van der Waals surface area (Å²) in [6.45, 7) is 0. The van der Waals surface area contributed by atoms with Gasteiger partial charge in [0.15, 0.2) is 0 Å². The van der Waals surface area contributed by atoms with Crippen LogP contribution in [0.3, 0.4) is 0 Å². The van der Waals surface area contributed by atoms with Crippen molar-refractivity contribution in [3.8, 4) is 0 Å². The van der Waals surface area contributed by atoms with Crippen LogP contribution in [0.1, 0.15) is 23.5 Å². The van der Waals surface area contributed by atoms with Crippen LogP contribution in [-0.4, -0.2) is 20.7 Å². The topological polar surface area (TPSA) is 59.8 Å². The molecular formula is C16H14N4O. The number of carbonyl (C=O) groups is 1. The zero-order valence-corrected chi connectivity index (χ0v) is 11.6. The van der Waals surface area contributed by atoms with Crippen molar-refractivity contribution < 1.29 is 4.79 Å². The number of nitrogens with one attached hydrogen (secondary N) is 1. The molecule has 1 aliphatic rings. The summed E-state index contributed by atoms with van der Waals surface area (Å²) in [5, 5.41) is 9.41. The summed E-state index contributed by atoms with van der Waals surface area (Å²) in [5.41, 5.74) is 2.22. The minimum absolute atomic E-state index is 0.0298. The van der Waals surface area contributed by atoms with Crippen molar-refractivity contribution in [2.45, 2.75) is 12.3 Å². The number of hydrogen-bond donors (Lipinski definition) is 1. The van der Waals surface area contributed by atoms with Crippen LogP contribution in [-0.2, 0) is 11.8 Å². The molecule has 0 spiro atoms. The molecule has 21 heavy (non-hydrogen) atoms. The van der Waals surface area contributed by atoms with E-state index < -0.39 is 0 Å². The van der Waals surface area contributed by atoms with Gasteiger partial charge in [-0.2, -0.15) is 5.10 Å². The first-order chi connectivity index (χ1) is 10.2. The highest BCUT2D eigenvalue weighted by molar-refractivity contribution is 5.96. The van der Waals surface area contributed by atoms with E-state index in [1.165, 1.54) is 0 Å². The fourth-order valence-corrected chi connectivity index (χ4v) is 3.07. The van der Waals surface area contributed by atoms with E-state index in [2.05, 4.69) is 21.5 Å². The molecule has 0 bridgehead atoms. The largest absolute Gasteiger partial charge is 0.311 e. The van der Waals surface area contributed by atoms with Gasteiger partial charge < -0.3 is 5.32 Å². The van der Waals surface area contributed by atoms with Gasteiger partial charge in [-0.05, 0) is 17.0 Å². The van der Waals surface area contributed by atoms with Gasteiger partial charge >= 0.3 is 0 Å². The van der Waals surface area contributed by atoms with E-state index in [1.807, 2.05) is 37.6 Å². The first kappa shape index (κ1) is 12.1. The van der Waals surface area contributed by atoms with Crippen molar-refractivity contribution in [1.29, 1.82) is 0 Å². The number of pyridine rings is 1. The van der Waals surface area contributed by atoms with Crippen LogP contribution in [0, 0.1) is 0 Å². The van der Waals surface area contributed by atoms with Crippen molar-refractivity contribution in [2.24, 2.45) is 7.05 Å². The van der Waals surface area contributed by atoms with E-state index in [-0.39, 0.29) is 11.8 Å². The minimum Gasteiger partial charge on any atom is -0.311 e. The molecule has 3 aromatic rings. The second-order valence-electron chi connectivity index (χ2n) is 5.32. The number of benzene rings is 1. The first-order valence-electron chi connectivity index (χ1n) is 6.88. The number of fused-ring (bicyclic) bond motifs is 2. The maximum atomic E-state index is 12.0. The molecule has 104 valence electrons. The highest BCUT2D eigenvalue weighted by atomic mass is 16.1. The second-order valence-corrected chi connectivity index (χ2v) is 5.32. The van der Waals surface area contributed by atoms with E-state index in [9.17, 15) is 4.79 Å². The third-order valence-electron chi connectivity index (χ3n) is 4.08. The Labute approximate surface area is 121 Å². The molecule has 1 aromatic carbocycles. The Balaban J connectivity index is 1.95. The number of carbonyl (C=O) groups excluding carboxylic acids is 1. The number of hydrogen-bond acceptors (Lipinski definition) is 3. The van der Waals surface area contributed by atoms with Gasteiger partial charge in [0.1, 0.15) is 5.82 Å².